The Morgan fingerprint density at radius 2 is 1.83 bits per heavy atom. The van der Waals surface area contributed by atoms with Gasteiger partial charge in [-0.05, 0) is 45.7 Å². The summed E-state index contributed by atoms with van der Waals surface area (Å²) in [5.41, 5.74) is 0.392. The lowest BCUT2D eigenvalue weighted by molar-refractivity contribution is -0.131. The quantitative estimate of drug-likeness (QED) is 0.506. The standard InChI is InChI=1S/C28H26N4O4/c1-16-14-22(31-17(2)30-16)35-13-12-28-11-10-27(3,36-28)23-24(28)26(34)32(25(23)33)21-9-8-18(15-29)19-6-4-5-7-20(19)21/h4-9,14,23-24H,10-13H2,1-3H3/t23-,24+,27-,28-/m0/s1. The normalized spacial score (nSPS) is 28.6. The lowest BCUT2D eigenvalue weighted by Crippen LogP contribution is -2.43. The molecule has 4 heterocycles. The number of imide groups is 1. The van der Waals surface area contributed by atoms with Crippen molar-refractivity contribution in [2.75, 3.05) is 11.5 Å². The number of carbonyl (C=O) groups is 2. The molecule has 2 bridgehead atoms. The minimum absolute atomic E-state index is 0.230. The van der Waals surface area contributed by atoms with Gasteiger partial charge in [0.1, 0.15) is 5.82 Å². The van der Waals surface area contributed by atoms with E-state index in [1.807, 2.05) is 45.0 Å². The number of aromatic nitrogens is 2. The summed E-state index contributed by atoms with van der Waals surface area (Å²) in [5, 5.41) is 11.0. The van der Waals surface area contributed by atoms with E-state index >= 15 is 0 Å². The van der Waals surface area contributed by atoms with Crippen molar-refractivity contribution in [1.29, 1.82) is 5.26 Å². The Balaban J connectivity index is 1.33. The molecule has 3 saturated heterocycles. The number of nitriles is 1. The summed E-state index contributed by atoms with van der Waals surface area (Å²) in [6, 6.07) is 14.7. The summed E-state index contributed by atoms with van der Waals surface area (Å²) in [7, 11) is 0. The second kappa shape index (κ2) is 7.84. The molecular weight excluding hydrogens is 456 g/mol. The van der Waals surface area contributed by atoms with Gasteiger partial charge in [0.15, 0.2) is 0 Å². The Labute approximate surface area is 208 Å². The van der Waals surface area contributed by atoms with Crippen LogP contribution in [0.25, 0.3) is 10.8 Å². The molecule has 0 spiro atoms. The summed E-state index contributed by atoms with van der Waals surface area (Å²) in [4.78, 5) is 37.7. The predicted octanol–water partition coefficient (Wildman–Crippen LogP) is 4.01. The molecule has 3 fully saturated rings. The first kappa shape index (κ1) is 22.6. The van der Waals surface area contributed by atoms with Crippen LogP contribution in [0.1, 0.15) is 43.3 Å². The zero-order chi connectivity index (χ0) is 25.2. The average molecular weight is 483 g/mol. The zero-order valence-electron chi connectivity index (χ0n) is 20.4. The summed E-state index contributed by atoms with van der Waals surface area (Å²) >= 11 is 0. The zero-order valence-corrected chi connectivity index (χ0v) is 20.4. The summed E-state index contributed by atoms with van der Waals surface area (Å²) in [6.07, 6.45) is 1.88. The molecule has 3 aliphatic heterocycles. The van der Waals surface area contributed by atoms with Crippen molar-refractivity contribution >= 4 is 28.3 Å². The molecule has 8 heteroatoms. The first-order valence-corrected chi connectivity index (χ1v) is 12.2. The second-order valence-electron chi connectivity index (χ2n) is 10.2. The second-order valence-corrected chi connectivity index (χ2v) is 10.2. The highest BCUT2D eigenvalue weighted by Gasteiger charge is 2.73. The Kier molecular flexibility index (Phi) is 4.92. The van der Waals surface area contributed by atoms with E-state index in [9.17, 15) is 14.9 Å². The van der Waals surface area contributed by atoms with Crippen molar-refractivity contribution in [2.45, 2.75) is 51.2 Å². The molecule has 3 aliphatic rings. The maximum atomic E-state index is 14.0. The molecular formula is C28H26N4O4. The van der Waals surface area contributed by atoms with Crippen molar-refractivity contribution in [3.63, 3.8) is 0 Å². The Hall–Kier alpha value is -3.83. The molecule has 182 valence electrons. The average Bonchev–Trinajstić information content (AvgIpc) is 3.42. The van der Waals surface area contributed by atoms with Gasteiger partial charge in [-0.15, -0.1) is 0 Å². The van der Waals surface area contributed by atoms with Gasteiger partial charge in [-0.3, -0.25) is 9.59 Å². The molecule has 0 radical (unpaired) electrons. The van der Waals surface area contributed by atoms with Crippen molar-refractivity contribution in [3.05, 3.63) is 59.5 Å². The number of amides is 2. The largest absolute Gasteiger partial charge is 0.477 e. The SMILES string of the molecule is Cc1cc(OCC[C@]23CC[C@](C)(O2)[C@@H]2C(=O)N(c4ccc(C#N)c5ccccc45)C(=O)[C@@H]23)nc(C)n1. The number of hydrogen-bond donors (Lipinski definition) is 0. The van der Waals surface area contributed by atoms with Gasteiger partial charge in [-0.1, -0.05) is 24.3 Å². The van der Waals surface area contributed by atoms with Crippen molar-refractivity contribution in [1.82, 2.24) is 9.97 Å². The molecule has 0 unspecified atom stereocenters. The number of nitrogens with zero attached hydrogens (tertiary/aromatic N) is 4. The van der Waals surface area contributed by atoms with Gasteiger partial charge >= 0.3 is 0 Å². The van der Waals surface area contributed by atoms with E-state index in [2.05, 4.69) is 16.0 Å². The number of aryl methyl sites for hydroxylation is 2. The highest BCUT2D eigenvalue weighted by molar-refractivity contribution is 6.26. The van der Waals surface area contributed by atoms with E-state index in [1.54, 1.807) is 18.2 Å². The van der Waals surface area contributed by atoms with E-state index in [-0.39, 0.29) is 11.8 Å². The summed E-state index contributed by atoms with van der Waals surface area (Å²) in [6.45, 7) is 5.97. The van der Waals surface area contributed by atoms with Crippen LogP contribution in [-0.2, 0) is 14.3 Å². The Morgan fingerprint density at radius 3 is 2.58 bits per heavy atom. The van der Waals surface area contributed by atoms with Gasteiger partial charge in [-0.2, -0.15) is 10.2 Å². The number of anilines is 1. The fourth-order valence-corrected chi connectivity index (χ4v) is 6.51. The minimum Gasteiger partial charge on any atom is -0.477 e. The van der Waals surface area contributed by atoms with Crippen LogP contribution in [-0.4, -0.2) is 39.6 Å². The van der Waals surface area contributed by atoms with Crippen molar-refractivity contribution in [3.8, 4) is 11.9 Å². The van der Waals surface area contributed by atoms with Crippen LogP contribution in [0.5, 0.6) is 5.88 Å². The van der Waals surface area contributed by atoms with E-state index in [4.69, 9.17) is 9.47 Å². The first-order valence-electron chi connectivity index (χ1n) is 12.2. The molecule has 6 rings (SSSR count). The topological polar surface area (TPSA) is 105 Å². The highest BCUT2D eigenvalue weighted by atomic mass is 16.5. The summed E-state index contributed by atoms with van der Waals surface area (Å²) < 4.78 is 12.5. The van der Waals surface area contributed by atoms with Crippen LogP contribution in [0.15, 0.2) is 42.5 Å². The molecule has 0 aliphatic carbocycles. The third-order valence-electron chi connectivity index (χ3n) is 7.99. The number of rotatable bonds is 5. The van der Waals surface area contributed by atoms with Crippen LogP contribution in [0.3, 0.4) is 0 Å². The van der Waals surface area contributed by atoms with Crippen LogP contribution in [0, 0.1) is 37.0 Å². The number of benzene rings is 2. The van der Waals surface area contributed by atoms with Gasteiger partial charge in [0.2, 0.25) is 17.7 Å². The number of carbonyl (C=O) groups excluding carboxylic acids is 2. The number of ether oxygens (including phenoxy) is 2. The van der Waals surface area contributed by atoms with E-state index in [0.29, 0.717) is 54.2 Å². The molecule has 3 aromatic rings. The fraction of sp³-hybridized carbons (Fsp3) is 0.393. The lowest BCUT2D eigenvalue weighted by atomic mass is 9.67. The number of fused-ring (bicyclic) bond motifs is 6. The Morgan fingerprint density at radius 1 is 1.08 bits per heavy atom. The molecule has 2 aromatic carbocycles. The highest BCUT2D eigenvalue weighted by Crippen LogP contribution is 2.62. The van der Waals surface area contributed by atoms with Gasteiger partial charge in [0.05, 0.1) is 47.0 Å². The van der Waals surface area contributed by atoms with Crippen LogP contribution >= 0.6 is 0 Å². The predicted molar refractivity (Wildman–Crippen MR) is 131 cm³/mol. The molecule has 8 nitrogen and oxygen atoms in total. The van der Waals surface area contributed by atoms with E-state index in [1.165, 1.54) is 4.90 Å². The third kappa shape index (κ3) is 3.16. The molecule has 2 amide bonds. The fourth-order valence-electron chi connectivity index (χ4n) is 6.51. The van der Waals surface area contributed by atoms with Crippen molar-refractivity contribution < 1.29 is 19.1 Å². The van der Waals surface area contributed by atoms with Gasteiger partial charge < -0.3 is 9.47 Å². The smallest absolute Gasteiger partial charge is 0.240 e. The van der Waals surface area contributed by atoms with E-state index < -0.39 is 23.0 Å². The van der Waals surface area contributed by atoms with Gasteiger partial charge in [-0.25, -0.2) is 9.88 Å². The van der Waals surface area contributed by atoms with Gasteiger partial charge in [0, 0.05) is 29.0 Å². The van der Waals surface area contributed by atoms with Crippen LogP contribution < -0.4 is 9.64 Å². The van der Waals surface area contributed by atoms with Crippen molar-refractivity contribution in [2.24, 2.45) is 11.8 Å². The van der Waals surface area contributed by atoms with Crippen LogP contribution in [0.4, 0.5) is 5.69 Å². The molecule has 4 atom stereocenters. The molecule has 36 heavy (non-hydrogen) atoms. The first-order chi connectivity index (χ1) is 17.3. The minimum atomic E-state index is -0.763. The molecule has 0 saturated carbocycles. The van der Waals surface area contributed by atoms with Gasteiger partial charge in [0.25, 0.3) is 0 Å². The maximum absolute atomic E-state index is 14.0. The monoisotopic (exact) mass is 482 g/mol. The summed E-state index contributed by atoms with van der Waals surface area (Å²) in [5.74, 6) is -0.460. The van der Waals surface area contributed by atoms with Crippen LogP contribution in [0.2, 0.25) is 0 Å². The third-order valence-corrected chi connectivity index (χ3v) is 7.99. The maximum Gasteiger partial charge on any atom is 0.240 e. The Bertz CT molecular complexity index is 1460. The number of hydrogen-bond acceptors (Lipinski definition) is 7. The van der Waals surface area contributed by atoms with E-state index in [0.717, 1.165) is 11.1 Å². The lowest BCUT2D eigenvalue weighted by Gasteiger charge is -2.31. The molecule has 0 N–H and O–H groups in total. The molecule has 1 aromatic heterocycles.